The molecule has 0 spiro atoms. The van der Waals surface area contributed by atoms with Gasteiger partial charge < -0.3 is 8.98 Å². The van der Waals surface area contributed by atoms with Crippen LogP contribution in [-0.4, -0.2) is 4.57 Å². The van der Waals surface area contributed by atoms with Gasteiger partial charge in [-0.1, -0.05) is 23.2 Å². The first-order valence-electron chi connectivity index (χ1n) is 6.30. The molecule has 0 radical (unpaired) electrons. The van der Waals surface area contributed by atoms with Gasteiger partial charge in [-0.25, -0.2) is 4.99 Å². The normalized spacial score (nSPS) is 12.0. The van der Waals surface area contributed by atoms with E-state index < -0.39 is 0 Å². The van der Waals surface area contributed by atoms with Crippen LogP contribution in [0.25, 0.3) is 0 Å². The first-order valence-corrected chi connectivity index (χ1v) is 7.94. The quantitative estimate of drug-likeness (QED) is 0.658. The van der Waals surface area contributed by atoms with E-state index in [0.29, 0.717) is 22.3 Å². The van der Waals surface area contributed by atoms with Gasteiger partial charge in [0.1, 0.15) is 5.76 Å². The van der Waals surface area contributed by atoms with Crippen molar-refractivity contribution >= 4 is 40.2 Å². The maximum absolute atomic E-state index is 6.18. The summed E-state index contributed by atoms with van der Waals surface area (Å²) in [6.07, 6.45) is 1.67. The summed E-state index contributed by atoms with van der Waals surface area (Å²) in [6.45, 7) is 2.69. The van der Waals surface area contributed by atoms with Crippen LogP contribution in [0.15, 0.2) is 51.4 Å². The number of halogens is 2. The highest BCUT2D eigenvalue weighted by molar-refractivity contribution is 7.07. The van der Waals surface area contributed by atoms with Gasteiger partial charge in [-0.05, 0) is 37.3 Å². The number of rotatable bonds is 3. The molecule has 0 saturated heterocycles. The molecule has 0 amide bonds. The standard InChI is InChI=1S/C15H12Cl2N2OS/c1-10-9-21-15(19(10)8-12-3-2-6-20-12)18-14-5-4-11(16)7-13(14)17/h2-7,9H,8H2,1H3. The lowest BCUT2D eigenvalue weighted by Crippen LogP contribution is -2.16. The van der Waals surface area contributed by atoms with E-state index in [9.17, 15) is 0 Å². The third-order valence-electron chi connectivity index (χ3n) is 3.01. The third-order valence-corrected chi connectivity index (χ3v) is 4.53. The van der Waals surface area contributed by atoms with Crippen molar-refractivity contribution in [3.63, 3.8) is 0 Å². The van der Waals surface area contributed by atoms with E-state index in [1.54, 1.807) is 29.7 Å². The van der Waals surface area contributed by atoms with E-state index in [4.69, 9.17) is 27.6 Å². The molecule has 0 fully saturated rings. The Kier molecular flexibility index (Phi) is 4.19. The summed E-state index contributed by atoms with van der Waals surface area (Å²) < 4.78 is 7.50. The van der Waals surface area contributed by atoms with Crippen LogP contribution >= 0.6 is 34.5 Å². The van der Waals surface area contributed by atoms with Crippen LogP contribution in [0.2, 0.25) is 10.0 Å². The van der Waals surface area contributed by atoms with E-state index in [-0.39, 0.29) is 0 Å². The first-order chi connectivity index (χ1) is 10.1. The van der Waals surface area contributed by atoms with Crippen LogP contribution in [-0.2, 0) is 6.54 Å². The van der Waals surface area contributed by atoms with Crippen molar-refractivity contribution in [2.24, 2.45) is 4.99 Å². The molecular weight excluding hydrogens is 327 g/mol. The summed E-state index contributed by atoms with van der Waals surface area (Å²) in [5.74, 6) is 0.889. The minimum Gasteiger partial charge on any atom is -0.467 e. The molecule has 0 saturated carbocycles. The second-order valence-electron chi connectivity index (χ2n) is 4.53. The number of thiazole rings is 1. The largest absolute Gasteiger partial charge is 0.467 e. The summed E-state index contributed by atoms with van der Waals surface area (Å²) in [5, 5.41) is 3.20. The van der Waals surface area contributed by atoms with Gasteiger partial charge in [-0.3, -0.25) is 0 Å². The minimum atomic E-state index is 0.540. The zero-order valence-corrected chi connectivity index (χ0v) is 13.5. The average molecular weight is 339 g/mol. The van der Waals surface area contributed by atoms with Gasteiger partial charge in [0.05, 0.1) is 23.5 Å². The Labute approximate surface area is 136 Å². The lowest BCUT2D eigenvalue weighted by Gasteiger charge is -2.04. The molecule has 0 N–H and O–H groups in total. The Bertz CT molecular complexity index is 819. The van der Waals surface area contributed by atoms with Crippen molar-refractivity contribution in [2.45, 2.75) is 13.5 Å². The van der Waals surface area contributed by atoms with Gasteiger partial charge in [0.15, 0.2) is 4.80 Å². The molecule has 0 bridgehead atoms. The molecular formula is C15H12Cl2N2OS. The lowest BCUT2D eigenvalue weighted by molar-refractivity contribution is 0.488. The van der Waals surface area contributed by atoms with Crippen molar-refractivity contribution in [1.82, 2.24) is 4.57 Å². The van der Waals surface area contributed by atoms with Crippen molar-refractivity contribution in [1.29, 1.82) is 0 Å². The van der Waals surface area contributed by atoms with Crippen molar-refractivity contribution in [3.8, 4) is 0 Å². The number of hydrogen-bond donors (Lipinski definition) is 0. The van der Waals surface area contributed by atoms with Gasteiger partial charge in [0.25, 0.3) is 0 Å². The third kappa shape index (κ3) is 3.23. The number of aryl methyl sites for hydroxylation is 1. The van der Waals surface area contributed by atoms with Crippen LogP contribution in [0.1, 0.15) is 11.5 Å². The topological polar surface area (TPSA) is 30.4 Å². The van der Waals surface area contributed by atoms with Crippen LogP contribution < -0.4 is 4.80 Å². The molecule has 21 heavy (non-hydrogen) atoms. The molecule has 0 unspecified atom stereocenters. The Morgan fingerprint density at radius 3 is 2.86 bits per heavy atom. The number of nitrogens with zero attached hydrogens (tertiary/aromatic N) is 2. The molecule has 6 heteroatoms. The Morgan fingerprint density at radius 1 is 1.29 bits per heavy atom. The molecule has 3 rings (SSSR count). The molecule has 2 aromatic heterocycles. The summed E-state index contributed by atoms with van der Waals surface area (Å²) in [4.78, 5) is 5.50. The molecule has 108 valence electrons. The molecule has 0 aliphatic rings. The summed E-state index contributed by atoms with van der Waals surface area (Å²) in [7, 11) is 0. The molecule has 1 aromatic carbocycles. The van der Waals surface area contributed by atoms with Crippen molar-refractivity contribution in [2.75, 3.05) is 0 Å². The summed E-state index contributed by atoms with van der Waals surface area (Å²) in [5.41, 5.74) is 1.83. The van der Waals surface area contributed by atoms with Crippen LogP contribution in [0.3, 0.4) is 0 Å². The molecule has 3 aromatic rings. The minimum absolute atomic E-state index is 0.540. The van der Waals surface area contributed by atoms with Crippen LogP contribution in [0, 0.1) is 6.92 Å². The monoisotopic (exact) mass is 338 g/mol. The maximum atomic E-state index is 6.18. The number of aromatic nitrogens is 1. The van der Waals surface area contributed by atoms with Gasteiger partial charge in [0.2, 0.25) is 0 Å². The average Bonchev–Trinajstić information content (AvgIpc) is 3.07. The predicted octanol–water partition coefficient (Wildman–Crippen LogP) is 5.04. The fourth-order valence-corrected chi connectivity index (χ4v) is 3.27. The van der Waals surface area contributed by atoms with Gasteiger partial charge in [0, 0.05) is 16.1 Å². The fraction of sp³-hybridized carbons (Fsp3) is 0.133. The zero-order valence-electron chi connectivity index (χ0n) is 11.2. The Morgan fingerprint density at radius 2 is 2.14 bits per heavy atom. The highest BCUT2D eigenvalue weighted by atomic mass is 35.5. The zero-order chi connectivity index (χ0) is 14.8. The summed E-state index contributed by atoms with van der Waals surface area (Å²) >= 11 is 13.7. The van der Waals surface area contributed by atoms with Crippen molar-refractivity contribution in [3.05, 3.63) is 68.3 Å². The summed E-state index contributed by atoms with van der Waals surface area (Å²) in [6, 6.07) is 9.12. The van der Waals surface area contributed by atoms with Crippen LogP contribution in [0.5, 0.6) is 0 Å². The SMILES string of the molecule is Cc1csc(=Nc2ccc(Cl)cc2Cl)n1Cc1ccco1. The fourth-order valence-electron chi connectivity index (χ4n) is 1.93. The van der Waals surface area contributed by atoms with Gasteiger partial charge in [-0.2, -0.15) is 0 Å². The Balaban J connectivity index is 2.04. The number of hydrogen-bond acceptors (Lipinski definition) is 3. The van der Waals surface area contributed by atoms with Crippen LogP contribution in [0.4, 0.5) is 5.69 Å². The molecule has 0 atom stereocenters. The van der Waals surface area contributed by atoms with E-state index in [0.717, 1.165) is 16.3 Å². The van der Waals surface area contributed by atoms with E-state index in [1.165, 1.54) is 0 Å². The maximum Gasteiger partial charge on any atom is 0.190 e. The van der Waals surface area contributed by atoms with E-state index >= 15 is 0 Å². The smallest absolute Gasteiger partial charge is 0.190 e. The molecule has 0 aliphatic heterocycles. The molecule has 3 nitrogen and oxygen atoms in total. The number of benzene rings is 1. The first kappa shape index (κ1) is 14.4. The number of furan rings is 1. The second-order valence-corrected chi connectivity index (χ2v) is 6.21. The van der Waals surface area contributed by atoms with Gasteiger partial charge >= 0.3 is 0 Å². The predicted molar refractivity (Wildman–Crippen MR) is 86.5 cm³/mol. The van der Waals surface area contributed by atoms with Gasteiger partial charge in [-0.15, -0.1) is 11.3 Å². The van der Waals surface area contributed by atoms with Crippen molar-refractivity contribution < 1.29 is 4.42 Å². The highest BCUT2D eigenvalue weighted by Crippen LogP contribution is 2.27. The van der Waals surface area contributed by atoms with E-state index in [1.807, 2.05) is 25.1 Å². The Hall–Kier alpha value is -1.49. The second kappa shape index (κ2) is 6.10. The van der Waals surface area contributed by atoms with E-state index in [2.05, 4.69) is 14.9 Å². The highest BCUT2D eigenvalue weighted by Gasteiger charge is 2.06. The lowest BCUT2D eigenvalue weighted by atomic mass is 10.3. The molecule has 0 aliphatic carbocycles. The molecule has 2 heterocycles.